The lowest BCUT2D eigenvalue weighted by atomic mass is 10.1. The van der Waals surface area contributed by atoms with Crippen molar-refractivity contribution in [2.75, 3.05) is 7.11 Å². The van der Waals surface area contributed by atoms with Crippen molar-refractivity contribution in [1.29, 1.82) is 0 Å². The minimum Gasteiger partial charge on any atom is -0.497 e. The minimum atomic E-state index is -0.414. The van der Waals surface area contributed by atoms with Crippen molar-refractivity contribution < 1.29 is 9.53 Å². The number of ether oxygens (including phenoxy) is 1. The number of aromatic amines is 1. The zero-order valence-corrected chi connectivity index (χ0v) is 15.3. The molecule has 0 aliphatic carbocycles. The Balaban J connectivity index is 1.61. The van der Waals surface area contributed by atoms with Crippen LogP contribution in [0, 0.1) is 0 Å². The van der Waals surface area contributed by atoms with E-state index in [4.69, 9.17) is 16.3 Å². The minimum absolute atomic E-state index is 0.293. The van der Waals surface area contributed by atoms with Crippen molar-refractivity contribution in [2.24, 2.45) is 5.10 Å². The first-order chi connectivity index (χ1) is 13.2. The van der Waals surface area contributed by atoms with Crippen molar-refractivity contribution in [3.63, 3.8) is 0 Å². The predicted molar refractivity (Wildman–Crippen MR) is 107 cm³/mol. The smallest absolute Gasteiger partial charge is 0.289 e. The normalized spacial score (nSPS) is 11.6. The Hall–Kier alpha value is -3.38. The standard InChI is InChI=1S/C20H17ClN4O2/c1-27-17-9-7-15(8-10-17)18-12-19(24-23-18)20(26)25-22-13-16(21)11-14-5-3-2-4-6-14/h2-13H,1H3,(H,23,24)(H,25,26)/b16-11-,22-13-. The van der Waals surface area contributed by atoms with Gasteiger partial charge in [-0.3, -0.25) is 9.89 Å². The van der Waals surface area contributed by atoms with E-state index >= 15 is 0 Å². The van der Waals surface area contributed by atoms with Gasteiger partial charge in [0.25, 0.3) is 5.91 Å². The fourth-order valence-electron chi connectivity index (χ4n) is 2.31. The summed E-state index contributed by atoms with van der Waals surface area (Å²) in [7, 11) is 1.60. The molecule has 0 fully saturated rings. The number of halogens is 1. The molecule has 0 atom stereocenters. The summed E-state index contributed by atoms with van der Waals surface area (Å²) in [5.41, 5.74) is 5.16. The summed E-state index contributed by atoms with van der Waals surface area (Å²) in [6, 6.07) is 18.6. The van der Waals surface area contributed by atoms with Gasteiger partial charge in [0.1, 0.15) is 11.4 Å². The van der Waals surface area contributed by atoms with Crippen LogP contribution in [0.15, 0.2) is 70.8 Å². The van der Waals surface area contributed by atoms with E-state index in [-0.39, 0.29) is 0 Å². The monoisotopic (exact) mass is 380 g/mol. The van der Waals surface area contributed by atoms with Gasteiger partial charge in [0.05, 0.1) is 24.1 Å². The van der Waals surface area contributed by atoms with Gasteiger partial charge in [-0.15, -0.1) is 0 Å². The van der Waals surface area contributed by atoms with Gasteiger partial charge < -0.3 is 4.74 Å². The average molecular weight is 381 g/mol. The summed E-state index contributed by atoms with van der Waals surface area (Å²) >= 11 is 6.08. The first kappa shape index (κ1) is 18.4. The van der Waals surface area contributed by atoms with Crippen molar-refractivity contribution >= 4 is 29.8 Å². The Morgan fingerprint density at radius 1 is 1.19 bits per heavy atom. The van der Waals surface area contributed by atoms with Crippen LogP contribution in [0.3, 0.4) is 0 Å². The third kappa shape index (κ3) is 5.05. The number of amides is 1. The molecule has 0 spiro atoms. The van der Waals surface area contributed by atoms with E-state index in [0.29, 0.717) is 16.4 Å². The fourth-order valence-corrected chi connectivity index (χ4v) is 2.48. The molecule has 0 bridgehead atoms. The zero-order valence-electron chi connectivity index (χ0n) is 14.5. The van der Waals surface area contributed by atoms with Crippen LogP contribution in [0.1, 0.15) is 16.1 Å². The number of rotatable bonds is 6. The summed E-state index contributed by atoms with van der Waals surface area (Å²) in [4.78, 5) is 12.2. The fraction of sp³-hybridized carbons (Fsp3) is 0.0500. The Bertz CT molecular complexity index is 963. The zero-order chi connectivity index (χ0) is 19.1. The number of aromatic nitrogens is 2. The van der Waals surface area contributed by atoms with Gasteiger partial charge in [-0.05, 0) is 42.0 Å². The number of hydrazone groups is 1. The van der Waals surface area contributed by atoms with E-state index in [9.17, 15) is 4.79 Å². The number of carbonyl (C=O) groups excluding carboxylic acids is 1. The molecule has 2 N–H and O–H groups in total. The lowest BCUT2D eigenvalue weighted by molar-refractivity contribution is 0.0950. The van der Waals surface area contributed by atoms with Crippen molar-refractivity contribution in [1.82, 2.24) is 15.6 Å². The number of carbonyl (C=O) groups is 1. The summed E-state index contributed by atoms with van der Waals surface area (Å²) < 4.78 is 5.13. The van der Waals surface area contributed by atoms with Crippen LogP contribution < -0.4 is 10.2 Å². The molecular formula is C20H17ClN4O2. The maximum Gasteiger partial charge on any atom is 0.289 e. The molecule has 0 saturated carbocycles. The molecule has 0 saturated heterocycles. The second kappa shape index (κ2) is 8.82. The van der Waals surface area contributed by atoms with E-state index < -0.39 is 5.91 Å². The molecule has 1 amide bonds. The van der Waals surface area contributed by atoms with Crippen LogP contribution in [0.2, 0.25) is 0 Å². The Labute approximate surface area is 161 Å². The maximum absolute atomic E-state index is 12.2. The molecule has 1 heterocycles. The Morgan fingerprint density at radius 2 is 1.93 bits per heavy atom. The molecule has 2 aromatic carbocycles. The lowest BCUT2D eigenvalue weighted by Gasteiger charge is -2.00. The number of nitrogens with one attached hydrogen (secondary N) is 2. The van der Waals surface area contributed by atoms with Gasteiger partial charge in [-0.1, -0.05) is 41.9 Å². The van der Waals surface area contributed by atoms with Gasteiger partial charge in [0, 0.05) is 5.56 Å². The third-order valence-electron chi connectivity index (χ3n) is 3.67. The highest BCUT2D eigenvalue weighted by atomic mass is 35.5. The van der Waals surface area contributed by atoms with E-state index in [2.05, 4.69) is 20.7 Å². The van der Waals surface area contributed by atoms with Crippen molar-refractivity contribution in [3.8, 4) is 17.0 Å². The number of nitrogens with zero attached hydrogens (tertiary/aromatic N) is 2. The second-order valence-electron chi connectivity index (χ2n) is 5.53. The first-order valence-electron chi connectivity index (χ1n) is 8.11. The Morgan fingerprint density at radius 3 is 2.63 bits per heavy atom. The molecule has 0 aliphatic heterocycles. The van der Waals surface area contributed by atoms with Crippen LogP contribution in [-0.2, 0) is 0 Å². The van der Waals surface area contributed by atoms with Crippen LogP contribution in [-0.4, -0.2) is 29.4 Å². The highest BCUT2D eigenvalue weighted by Crippen LogP contribution is 2.21. The number of benzene rings is 2. The van der Waals surface area contributed by atoms with Crippen LogP contribution in [0.25, 0.3) is 17.3 Å². The van der Waals surface area contributed by atoms with Gasteiger partial charge in [-0.25, -0.2) is 5.43 Å². The molecule has 3 aromatic rings. The van der Waals surface area contributed by atoms with Crippen molar-refractivity contribution in [3.05, 3.63) is 77.0 Å². The summed E-state index contributed by atoms with van der Waals surface area (Å²) in [5, 5.41) is 11.1. The number of hydrogen-bond acceptors (Lipinski definition) is 4. The van der Waals surface area contributed by atoms with Crippen molar-refractivity contribution in [2.45, 2.75) is 0 Å². The van der Waals surface area contributed by atoms with Crippen LogP contribution >= 0.6 is 11.6 Å². The van der Waals surface area contributed by atoms with Crippen LogP contribution in [0.5, 0.6) is 5.75 Å². The molecule has 3 rings (SSSR count). The van der Waals surface area contributed by atoms with Crippen LogP contribution in [0.4, 0.5) is 0 Å². The Kier molecular flexibility index (Phi) is 6.02. The molecule has 6 nitrogen and oxygen atoms in total. The number of hydrogen-bond donors (Lipinski definition) is 2. The van der Waals surface area contributed by atoms with Gasteiger partial charge in [0.15, 0.2) is 0 Å². The molecule has 136 valence electrons. The van der Waals surface area contributed by atoms with Gasteiger partial charge in [-0.2, -0.15) is 10.2 Å². The molecule has 7 heteroatoms. The molecule has 1 aromatic heterocycles. The highest BCUT2D eigenvalue weighted by molar-refractivity contribution is 6.41. The summed E-state index contributed by atoms with van der Waals surface area (Å²) in [5.74, 6) is 0.338. The van der Waals surface area contributed by atoms with E-state index in [1.54, 1.807) is 19.3 Å². The number of methoxy groups -OCH3 is 1. The molecular weight excluding hydrogens is 364 g/mol. The molecule has 0 aliphatic rings. The van der Waals surface area contributed by atoms with Gasteiger partial charge >= 0.3 is 0 Å². The molecule has 0 unspecified atom stereocenters. The summed E-state index contributed by atoms with van der Waals surface area (Å²) in [6.45, 7) is 0. The lowest BCUT2D eigenvalue weighted by Crippen LogP contribution is -2.17. The average Bonchev–Trinajstić information content (AvgIpc) is 3.19. The predicted octanol–water partition coefficient (Wildman–Crippen LogP) is 4.08. The first-order valence-corrected chi connectivity index (χ1v) is 8.49. The van der Waals surface area contributed by atoms with E-state index in [0.717, 1.165) is 16.9 Å². The largest absolute Gasteiger partial charge is 0.497 e. The third-order valence-corrected chi connectivity index (χ3v) is 3.87. The SMILES string of the molecule is COc1ccc(-c2cc(C(=O)N/N=C\C(Cl)=C\c3ccccc3)[nH]n2)cc1. The number of H-pyrrole nitrogens is 1. The topological polar surface area (TPSA) is 79.4 Å². The summed E-state index contributed by atoms with van der Waals surface area (Å²) in [6.07, 6.45) is 3.11. The van der Waals surface area contributed by atoms with Gasteiger partial charge in [0.2, 0.25) is 0 Å². The quantitative estimate of drug-likeness (QED) is 0.499. The molecule has 0 radical (unpaired) electrons. The number of allylic oxidation sites excluding steroid dienone is 1. The van der Waals surface area contributed by atoms with E-state index in [1.165, 1.54) is 6.21 Å². The second-order valence-corrected chi connectivity index (χ2v) is 5.97. The van der Waals surface area contributed by atoms with E-state index in [1.807, 2.05) is 54.6 Å². The maximum atomic E-state index is 12.2. The molecule has 27 heavy (non-hydrogen) atoms. The highest BCUT2D eigenvalue weighted by Gasteiger charge is 2.10.